The predicted octanol–water partition coefficient (Wildman–Crippen LogP) is 5.31. The minimum atomic E-state index is -0.0619. The van der Waals surface area contributed by atoms with Gasteiger partial charge >= 0.3 is 0 Å². The third-order valence-electron chi connectivity index (χ3n) is 2.94. The molecule has 0 aliphatic rings. The monoisotopic (exact) mass is 392 g/mol. The molecule has 0 aliphatic carbocycles. The molecular formula is C16H13BrN2OS2. The number of benzene rings is 2. The first kappa shape index (κ1) is 15.5. The first-order valence-corrected chi connectivity index (χ1v) is 9.25. The molecule has 3 aromatic rings. The number of anilines is 1. The number of amides is 1. The summed E-state index contributed by atoms with van der Waals surface area (Å²) < 4.78 is 3.22. The van der Waals surface area contributed by atoms with Gasteiger partial charge in [0.15, 0.2) is 4.34 Å². The third kappa shape index (κ3) is 3.88. The van der Waals surface area contributed by atoms with E-state index in [1.54, 1.807) is 23.1 Å². The number of thioether (sulfide) groups is 1. The Morgan fingerprint density at radius 1 is 1.32 bits per heavy atom. The van der Waals surface area contributed by atoms with Gasteiger partial charge in [-0.15, -0.1) is 11.3 Å². The number of fused-ring (bicyclic) bond motifs is 1. The van der Waals surface area contributed by atoms with E-state index in [4.69, 9.17) is 0 Å². The molecule has 1 N–H and O–H groups in total. The van der Waals surface area contributed by atoms with Gasteiger partial charge in [-0.3, -0.25) is 4.79 Å². The van der Waals surface area contributed by atoms with Crippen molar-refractivity contribution in [2.24, 2.45) is 0 Å². The predicted molar refractivity (Wildman–Crippen MR) is 97.6 cm³/mol. The Labute approximate surface area is 145 Å². The van der Waals surface area contributed by atoms with E-state index in [1.807, 2.05) is 30.3 Å². The number of carbonyl (C=O) groups excluding carboxylic acids is 1. The van der Waals surface area contributed by atoms with Crippen molar-refractivity contribution in [2.45, 2.75) is 17.0 Å². The lowest BCUT2D eigenvalue weighted by Gasteiger charge is -1.99. The molecule has 0 unspecified atom stereocenters. The summed E-state index contributed by atoms with van der Waals surface area (Å²) in [5, 5.41) is 2.80. The van der Waals surface area contributed by atoms with Gasteiger partial charge in [0.25, 0.3) is 0 Å². The molecule has 3 rings (SSSR count). The number of hydrogen-bond acceptors (Lipinski definition) is 4. The van der Waals surface area contributed by atoms with Crippen LogP contribution in [0.25, 0.3) is 10.2 Å². The molecule has 0 bridgehead atoms. The van der Waals surface area contributed by atoms with Crippen molar-refractivity contribution < 1.29 is 4.79 Å². The highest BCUT2D eigenvalue weighted by Crippen LogP contribution is 2.33. The fraction of sp³-hybridized carbons (Fsp3) is 0.125. The average Bonchev–Trinajstić information content (AvgIpc) is 2.87. The van der Waals surface area contributed by atoms with E-state index in [9.17, 15) is 4.79 Å². The quantitative estimate of drug-likeness (QED) is 0.611. The van der Waals surface area contributed by atoms with Gasteiger partial charge < -0.3 is 5.32 Å². The molecule has 6 heteroatoms. The smallest absolute Gasteiger partial charge is 0.221 e. The summed E-state index contributed by atoms with van der Waals surface area (Å²) in [6.45, 7) is 1.51. The number of carbonyl (C=O) groups is 1. The van der Waals surface area contributed by atoms with Crippen molar-refractivity contribution in [1.29, 1.82) is 0 Å². The standard InChI is InChI=1S/C16H13BrN2OS2/c1-10(20)18-13-5-6-14-15(8-13)22-16(19-14)21-9-11-3-2-4-12(17)7-11/h2-8H,9H2,1H3,(H,18,20). The maximum atomic E-state index is 11.1. The Hall–Kier alpha value is -1.37. The second-order valence-electron chi connectivity index (χ2n) is 4.76. The maximum Gasteiger partial charge on any atom is 0.221 e. The normalized spacial score (nSPS) is 10.8. The largest absolute Gasteiger partial charge is 0.326 e. The third-order valence-corrected chi connectivity index (χ3v) is 5.67. The minimum Gasteiger partial charge on any atom is -0.326 e. The molecule has 1 amide bonds. The summed E-state index contributed by atoms with van der Waals surface area (Å²) >= 11 is 6.87. The number of nitrogens with one attached hydrogen (secondary N) is 1. The van der Waals surface area contributed by atoms with Crippen molar-refractivity contribution in [3.8, 4) is 0 Å². The Bertz CT molecular complexity index is 832. The van der Waals surface area contributed by atoms with Crippen LogP contribution in [0.5, 0.6) is 0 Å². The highest BCUT2D eigenvalue weighted by atomic mass is 79.9. The lowest BCUT2D eigenvalue weighted by molar-refractivity contribution is -0.114. The Balaban J connectivity index is 1.75. The van der Waals surface area contributed by atoms with Crippen molar-refractivity contribution in [3.63, 3.8) is 0 Å². The molecule has 112 valence electrons. The second-order valence-corrected chi connectivity index (χ2v) is 7.93. The van der Waals surface area contributed by atoms with E-state index in [2.05, 4.69) is 38.4 Å². The van der Waals surface area contributed by atoms with Crippen LogP contribution in [0, 0.1) is 0 Å². The number of nitrogens with zero attached hydrogens (tertiary/aromatic N) is 1. The van der Waals surface area contributed by atoms with Crippen molar-refractivity contribution in [3.05, 3.63) is 52.5 Å². The lowest BCUT2D eigenvalue weighted by atomic mass is 10.2. The van der Waals surface area contributed by atoms with Gasteiger partial charge in [-0.2, -0.15) is 0 Å². The van der Waals surface area contributed by atoms with Crippen LogP contribution in [0.4, 0.5) is 5.69 Å². The molecule has 1 aromatic heterocycles. The SMILES string of the molecule is CC(=O)Nc1ccc2nc(SCc3cccc(Br)c3)sc2c1. The van der Waals surface area contributed by atoms with Gasteiger partial charge in [0.1, 0.15) is 0 Å². The molecular weight excluding hydrogens is 380 g/mol. The molecule has 0 saturated carbocycles. The van der Waals surface area contributed by atoms with Crippen molar-refractivity contribution >= 4 is 60.8 Å². The Kier molecular flexibility index (Phi) is 4.81. The van der Waals surface area contributed by atoms with Gasteiger partial charge in [-0.25, -0.2) is 4.98 Å². The van der Waals surface area contributed by atoms with Crippen molar-refractivity contribution in [2.75, 3.05) is 5.32 Å². The summed E-state index contributed by atoms with van der Waals surface area (Å²) in [5.74, 6) is 0.825. The first-order valence-electron chi connectivity index (χ1n) is 6.65. The fourth-order valence-corrected chi connectivity index (χ4v) is 4.52. The van der Waals surface area contributed by atoms with Gasteiger partial charge in [-0.1, -0.05) is 39.8 Å². The zero-order valence-electron chi connectivity index (χ0n) is 11.8. The second kappa shape index (κ2) is 6.81. The van der Waals surface area contributed by atoms with Gasteiger partial charge in [-0.05, 0) is 35.9 Å². The number of rotatable bonds is 4. The summed E-state index contributed by atoms with van der Waals surface area (Å²) in [6, 6.07) is 14.1. The van der Waals surface area contributed by atoms with E-state index in [1.165, 1.54) is 12.5 Å². The van der Waals surface area contributed by atoms with Gasteiger partial charge in [0, 0.05) is 22.8 Å². The fourth-order valence-electron chi connectivity index (χ4n) is 2.02. The molecule has 0 aliphatic heterocycles. The number of hydrogen-bond donors (Lipinski definition) is 1. The van der Waals surface area contributed by atoms with Crippen LogP contribution in [-0.4, -0.2) is 10.9 Å². The van der Waals surface area contributed by atoms with Crippen LogP contribution in [0.15, 0.2) is 51.3 Å². The van der Waals surface area contributed by atoms with Crippen LogP contribution in [0.3, 0.4) is 0 Å². The Morgan fingerprint density at radius 3 is 2.95 bits per heavy atom. The summed E-state index contributed by atoms with van der Waals surface area (Å²) in [4.78, 5) is 15.7. The molecule has 0 atom stereocenters. The van der Waals surface area contributed by atoms with Crippen LogP contribution in [-0.2, 0) is 10.5 Å². The van der Waals surface area contributed by atoms with E-state index in [-0.39, 0.29) is 5.91 Å². The lowest BCUT2D eigenvalue weighted by Crippen LogP contribution is -2.05. The molecule has 22 heavy (non-hydrogen) atoms. The topological polar surface area (TPSA) is 42.0 Å². The van der Waals surface area contributed by atoms with Crippen LogP contribution in [0.1, 0.15) is 12.5 Å². The van der Waals surface area contributed by atoms with Crippen LogP contribution >= 0.6 is 39.0 Å². The van der Waals surface area contributed by atoms with Crippen LogP contribution < -0.4 is 5.32 Å². The molecule has 0 saturated heterocycles. The molecule has 2 aromatic carbocycles. The van der Waals surface area contributed by atoms with Gasteiger partial charge in [0.05, 0.1) is 10.2 Å². The molecule has 0 spiro atoms. The minimum absolute atomic E-state index is 0.0619. The summed E-state index contributed by atoms with van der Waals surface area (Å²) in [7, 11) is 0. The molecule has 1 heterocycles. The summed E-state index contributed by atoms with van der Waals surface area (Å²) in [6.07, 6.45) is 0. The summed E-state index contributed by atoms with van der Waals surface area (Å²) in [5.41, 5.74) is 3.04. The van der Waals surface area contributed by atoms with E-state index >= 15 is 0 Å². The number of aromatic nitrogens is 1. The van der Waals surface area contributed by atoms with E-state index in [0.29, 0.717) is 0 Å². The highest BCUT2D eigenvalue weighted by molar-refractivity contribution is 9.10. The van der Waals surface area contributed by atoms with Crippen LogP contribution in [0.2, 0.25) is 0 Å². The number of thiazole rings is 1. The highest BCUT2D eigenvalue weighted by Gasteiger charge is 2.06. The zero-order chi connectivity index (χ0) is 15.5. The van der Waals surface area contributed by atoms with E-state index in [0.717, 1.165) is 30.5 Å². The number of halogens is 1. The molecule has 0 fully saturated rings. The van der Waals surface area contributed by atoms with E-state index < -0.39 is 0 Å². The van der Waals surface area contributed by atoms with Crippen molar-refractivity contribution in [1.82, 2.24) is 4.98 Å². The zero-order valence-corrected chi connectivity index (χ0v) is 15.0. The Morgan fingerprint density at radius 2 is 2.18 bits per heavy atom. The molecule has 3 nitrogen and oxygen atoms in total. The first-order chi connectivity index (χ1) is 10.6. The van der Waals surface area contributed by atoms with Gasteiger partial charge in [0.2, 0.25) is 5.91 Å². The molecule has 0 radical (unpaired) electrons. The maximum absolute atomic E-state index is 11.1. The average molecular weight is 393 g/mol.